The summed E-state index contributed by atoms with van der Waals surface area (Å²) in [5, 5.41) is 5.13. The first kappa shape index (κ1) is 45.8. The zero-order chi connectivity index (χ0) is 41.4. The zero-order valence-corrected chi connectivity index (χ0v) is 38.6. The molecule has 6 aromatic carbocycles. The van der Waals surface area contributed by atoms with Crippen LogP contribution in [0.25, 0.3) is 0 Å². The molecule has 2 aliphatic rings. The number of hydrogen-bond acceptors (Lipinski definition) is 3. The van der Waals surface area contributed by atoms with Crippen molar-refractivity contribution in [1.29, 1.82) is 0 Å². The maximum Gasteiger partial charge on any atom is 2.00 e. The van der Waals surface area contributed by atoms with Crippen molar-refractivity contribution in [1.82, 2.24) is 4.90 Å². The van der Waals surface area contributed by atoms with Gasteiger partial charge < -0.3 is 4.90 Å². The first-order chi connectivity index (χ1) is 28.7. The fourth-order valence-electron chi connectivity index (χ4n) is 7.95. The van der Waals surface area contributed by atoms with Crippen LogP contribution in [0.15, 0.2) is 167 Å². The normalized spacial score (nSPS) is 15.5. The molecule has 0 unspecified atom stereocenters. The molecule has 0 saturated heterocycles. The second kappa shape index (κ2) is 20.9. The van der Waals surface area contributed by atoms with Crippen molar-refractivity contribution in [3.8, 4) is 0 Å². The quantitative estimate of drug-likeness (QED) is 0.0996. The van der Waals surface area contributed by atoms with Crippen LogP contribution in [0.2, 0.25) is 0 Å². The summed E-state index contributed by atoms with van der Waals surface area (Å²) in [7, 11) is -0.174. The van der Waals surface area contributed by atoms with Gasteiger partial charge in [-0.2, -0.15) is 0 Å². The van der Waals surface area contributed by atoms with Gasteiger partial charge in [0.25, 0.3) is 0 Å². The van der Waals surface area contributed by atoms with Gasteiger partial charge in [0, 0.05) is 37.4 Å². The molecule has 2 saturated carbocycles. The Bertz CT molecular complexity index is 2260. The van der Waals surface area contributed by atoms with Gasteiger partial charge in [0.15, 0.2) is 0 Å². The van der Waals surface area contributed by atoms with Crippen LogP contribution < -0.4 is 21.2 Å². The summed E-state index contributed by atoms with van der Waals surface area (Å²) in [4.78, 5) is 2.28. The van der Waals surface area contributed by atoms with Gasteiger partial charge in [-0.05, 0) is 137 Å². The Morgan fingerprint density at radius 3 is 1.13 bits per heavy atom. The zero-order valence-electron chi connectivity index (χ0n) is 35.7. The molecule has 2 aliphatic carbocycles. The summed E-state index contributed by atoms with van der Waals surface area (Å²) in [6, 6.07) is 56.5. The Morgan fingerprint density at radius 2 is 0.767 bits per heavy atom. The molecule has 1 atom stereocenters. The summed E-state index contributed by atoms with van der Waals surface area (Å²) in [6.45, 7) is 10.9. The van der Waals surface area contributed by atoms with Gasteiger partial charge in [-0.25, -0.2) is 0 Å². The fraction of sp³-hybridized carbons (Fsp3) is 0.148. The summed E-state index contributed by atoms with van der Waals surface area (Å²) >= 11 is 0. The van der Waals surface area contributed by atoms with Crippen molar-refractivity contribution in [2.75, 3.05) is 14.1 Å². The molecule has 0 amide bonds. The predicted molar refractivity (Wildman–Crippen MR) is 257 cm³/mol. The van der Waals surface area contributed by atoms with Gasteiger partial charge in [-0.1, -0.05) is 158 Å². The summed E-state index contributed by atoms with van der Waals surface area (Å²) in [5.74, 6) is 1.35. The number of nitrogens with zero attached hydrogens (tertiary/aromatic N) is 3. The van der Waals surface area contributed by atoms with Crippen LogP contribution in [0.1, 0.15) is 29.2 Å². The molecule has 0 heterocycles. The predicted octanol–water partition coefficient (Wildman–Crippen LogP) is 12.6. The van der Waals surface area contributed by atoms with Crippen LogP contribution in [-0.4, -0.2) is 25.0 Å². The van der Waals surface area contributed by atoms with E-state index in [2.05, 4.69) is 256 Å². The fourth-order valence-corrected chi connectivity index (χ4v) is 15.6. The van der Waals surface area contributed by atoms with Crippen LogP contribution in [-0.2, 0) is 17.1 Å². The van der Waals surface area contributed by atoms with E-state index in [0.717, 1.165) is 11.4 Å². The van der Waals surface area contributed by atoms with E-state index >= 15 is 0 Å². The molecule has 302 valence electrons. The van der Waals surface area contributed by atoms with Gasteiger partial charge in [0.05, 0.1) is 11.4 Å². The molecule has 0 bridgehead atoms. The number of aryl methyl sites for hydroxylation is 4. The Balaban J connectivity index is 0.000000200. The second-order valence-corrected chi connectivity index (χ2v) is 21.4. The third-order valence-electron chi connectivity index (χ3n) is 11.3. The van der Waals surface area contributed by atoms with E-state index in [9.17, 15) is 0 Å². The molecule has 6 heteroatoms. The molecule has 0 spiro atoms. The van der Waals surface area contributed by atoms with Crippen LogP contribution in [0.5, 0.6) is 0 Å². The van der Waals surface area contributed by atoms with Crippen molar-refractivity contribution < 1.29 is 17.1 Å². The molecule has 8 rings (SSSR count). The van der Waals surface area contributed by atoms with E-state index in [1.807, 2.05) is 0 Å². The second-order valence-electron chi connectivity index (χ2n) is 15.4. The number of rotatable bonds is 10. The van der Waals surface area contributed by atoms with Crippen molar-refractivity contribution in [2.45, 2.75) is 40.7 Å². The van der Waals surface area contributed by atoms with Gasteiger partial charge >= 0.3 is 17.1 Å². The molecular weight excluding hydrogens is 808 g/mol. The molecule has 60 heavy (non-hydrogen) atoms. The van der Waals surface area contributed by atoms with Crippen molar-refractivity contribution in [3.63, 3.8) is 0 Å². The number of benzene rings is 6. The van der Waals surface area contributed by atoms with Gasteiger partial charge in [0.1, 0.15) is 0 Å². The standard InChI is InChI=1S/C29H32N2P.C25H23NP.Fe/c1-22-14-12-15-23(2)29(22)30-32(25-16-8-6-9-17-25,26-18-10-7-11-19-26)28-21-13-20-27(28)24(3)31(4)5;1-20-12-11-13-21(2)25(20)26-27(24-18-9-10-19-24,22-14-5-3-6-15-22)23-16-7-4-8-17-23;/h6-21,24H,1-5H3;3-19H,1-2H3;/q;;+2/t24-;;/m0../s1. The third-order valence-corrected chi connectivity index (χ3v) is 18.6. The molecule has 6 aromatic rings. The Morgan fingerprint density at radius 1 is 0.417 bits per heavy atom. The summed E-state index contributed by atoms with van der Waals surface area (Å²) < 4.78 is 11.4. The topological polar surface area (TPSA) is 28.0 Å². The van der Waals surface area contributed by atoms with Crippen molar-refractivity contribution in [2.24, 2.45) is 9.49 Å². The van der Waals surface area contributed by atoms with E-state index in [1.54, 1.807) is 0 Å². The molecule has 0 aromatic heterocycles. The molecule has 10 radical (unpaired) electrons. The Kier molecular flexibility index (Phi) is 15.9. The Labute approximate surface area is 373 Å². The minimum atomic E-state index is -2.31. The van der Waals surface area contributed by atoms with E-state index in [4.69, 9.17) is 9.49 Å². The molecule has 2 fully saturated rings. The minimum absolute atomic E-state index is 0. The van der Waals surface area contributed by atoms with Crippen LogP contribution in [0.3, 0.4) is 0 Å². The maximum atomic E-state index is 5.77. The van der Waals surface area contributed by atoms with E-state index in [1.165, 1.54) is 60.7 Å². The first-order valence-electron chi connectivity index (χ1n) is 20.4. The van der Waals surface area contributed by atoms with Crippen LogP contribution in [0.4, 0.5) is 11.4 Å². The Hall–Kier alpha value is -3.74. The molecular formula is C54H55FeN3P2+2. The number of hydrogen-bond donors (Lipinski definition) is 0. The SMILES string of the molecule is Cc1cccc(C)c1N=P([C]1[CH][CH][CH][CH]1)(c1ccccc1)c1ccccc1.Cc1cccc(C)c1N=P([C]1[CH][CH][CH][C]1[C@H](C)N(C)C)(c1ccccc1)c1ccccc1.[Fe+2]. The average Bonchev–Trinajstić information content (AvgIpc) is 4.00. The van der Waals surface area contributed by atoms with E-state index in [-0.39, 0.29) is 17.1 Å². The van der Waals surface area contributed by atoms with Crippen molar-refractivity contribution >= 4 is 46.7 Å². The monoisotopic (exact) mass is 863 g/mol. The van der Waals surface area contributed by atoms with Gasteiger partial charge in [-0.15, -0.1) is 0 Å². The molecule has 0 aliphatic heterocycles. The van der Waals surface area contributed by atoms with Gasteiger partial charge in [-0.3, -0.25) is 9.49 Å². The average molecular weight is 864 g/mol. The third kappa shape index (κ3) is 9.50. The van der Waals surface area contributed by atoms with Crippen molar-refractivity contribution in [3.05, 3.63) is 242 Å². The summed E-state index contributed by atoms with van der Waals surface area (Å²) in [5.41, 5.74) is 9.74. The smallest absolute Gasteiger partial charge is 0.306 e. The minimum Gasteiger partial charge on any atom is -0.306 e. The maximum absolute atomic E-state index is 5.77. The van der Waals surface area contributed by atoms with Crippen LogP contribution in [0, 0.1) is 89.9 Å². The van der Waals surface area contributed by atoms with E-state index < -0.39 is 14.1 Å². The van der Waals surface area contributed by atoms with Gasteiger partial charge in [0.2, 0.25) is 0 Å². The summed E-state index contributed by atoms with van der Waals surface area (Å²) in [6.07, 6.45) is 15.5. The first-order valence-corrected chi connectivity index (χ1v) is 23.9. The molecule has 3 nitrogen and oxygen atoms in total. The molecule has 0 N–H and O–H groups in total. The largest absolute Gasteiger partial charge is 2.00 e. The van der Waals surface area contributed by atoms with E-state index in [0.29, 0.717) is 6.04 Å². The van der Waals surface area contributed by atoms with Crippen LogP contribution >= 0.6 is 14.1 Å².